The molecular weight excluding hydrogens is 566 g/mol. The van der Waals surface area contributed by atoms with Crippen molar-refractivity contribution in [1.82, 2.24) is 15.6 Å². The van der Waals surface area contributed by atoms with Crippen LogP contribution < -0.4 is 20.1 Å². The number of pyridine rings is 1. The maximum atomic E-state index is 13.9. The highest BCUT2D eigenvalue weighted by Gasteiger charge is 2.36. The minimum atomic E-state index is -0.915. The highest BCUT2D eigenvalue weighted by Crippen LogP contribution is 2.39. The predicted molar refractivity (Wildman–Crippen MR) is 158 cm³/mol. The Kier molecular flexibility index (Phi) is 6.97. The molecule has 1 atom stereocenters. The molecule has 2 aromatic carbocycles. The lowest BCUT2D eigenvalue weighted by Gasteiger charge is -2.27. The van der Waals surface area contributed by atoms with E-state index < -0.39 is 24.0 Å². The topological polar surface area (TPSA) is 138 Å². The summed E-state index contributed by atoms with van der Waals surface area (Å²) in [4.78, 5) is 44.4. The number of rotatable bonds is 7. The molecule has 0 bridgehead atoms. The van der Waals surface area contributed by atoms with Crippen molar-refractivity contribution in [1.29, 1.82) is 0 Å². The number of urea groups is 1. The zero-order valence-corrected chi connectivity index (χ0v) is 23.7. The first-order valence-electron chi connectivity index (χ1n) is 14.2. The van der Waals surface area contributed by atoms with Crippen molar-refractivity contribution >= 4 is 40.5 Å². The number of para-hydroxylation sites is 1. The van der Waals surface area contributed by atoms with E-state index >= 15 is 0 Å². The average Bonchev–Trinajstić information content (AvgIpc) is 3.80. The molecule has 0 saturated heterocycles. The SMILES string of the molecule is CCOC(=O)C1=C(COC(=O)c2c3c(nc4ccccc24)/C(=C/c2ccc4c(c2)OCO4)CC3)NC(=O)NC1c1ccco1. The number of nitrogens with zero attached hydrogens (tertiary/aromatic N) is 1. The van der Waals surface area contributed by atoms with Crippen molar-refractivity contribution in [2.45, 2.75) is 25.8 Å². The van der Waals surface area contributed by atoms with Crippen molar-refractivity contribution in [3.8, 4) is 11.5 Å². The Hall–Kier alpha value is -5.58. The van der Waals surface area contributed by atoms with Gasteiger partial charge in [-0.25, -0.2) is 19.4 Å². The second kappa shape index (κ2) is 11.3. The normalized spacial score (nSPS) is 17.8. The fraction of sp³-hybridized carbons (Fsp3) is 0.212. The summed E-state index contributed by atoms with van der Waals surface area (Å²) in [6, 6.07) is 14.9. The number of carbonyl (C=O) groups excluding carboxylic acids is 3. The summed E-state index contributed by atoms with van der Waals surface area (Å²) in [6.07, 6.45) is 4.75. The lowest BCUT2D eigenvalue weighted by Crippen LogP contribution is -2.47. The summed E-state index contributed by atoms with van der Waals surface area (Å²) < 4.78 is 27.5. The van der Waals surface area contributed by atoms with Crippen LogP contribution in [-0.4, -0.2) is 43.0 Å². The van der Waals surface area contributed by atoms with Gasteiger partial charge in [-0.05, 0) is 72.9 Å². The van der Waals surface area contributed by atoms with Crippen LogP contribution in [0.1, 0.15) is 52.3 Å². The molecule has 0 radical (unpaired) electrons. The number of aromatic nitrogens is 1. The van der Waals surface area contributed by atoms with Gasteiger partial charge in [-0.15, -0.1) is 0 Å². The predicted octanol–water partition coefficient (Wildman–Crippen LogP) is 5.07. The van der Waals surface area contributed by atoms with E-state index in [1.54, 1.807) is 19.1 Å². The fourth-order valence-electron chi connectivity index (χ4n) is 5.78. The van der Waals surface area contributed by atoms with E-state index in [0.717, 1.165) is 22.4 Å². The van der Waals surface area contributed by atoms with Gasteiger partial charge in [0.25, 0.3) is 0 Å². The van der Waals surface area contributed by atoms with Crippen LogP contribution in [0.3, 0.4) is 0 Å². The van der Waals surface area contributed by atoms with Gasteiger partial charge in [-0.1, -0.05) is 24.3 Å². The number of allylic oxidation sites excluding steroid dienone is 1. The first-order chi connectivity index (χ1) is 21.5. The molecule has 44 heavy (non-hydrogen) atoms. The third-order valence-corrected chi connectivity index (χ3v) is 7.71. The van der Waals surface area contributed by atoms with Crippen molar-refractivity contribution in [2.24, 2.45) is 0 Å². The van der Waals surface area contributed by atoms with Gasteiger partial charge in [0.1, 0.15) is 18.4 Å². The van der Waals surface area contributed by atoms with E-state index in [2.05, 4.69) is 10.6 Å². The molecule has 11 heteroatoms. The molecular formula is C33H27N3O8. The molecule has 0 fully saturated rings. The standard InChI is InChI=1S/C33H27N3O8/c1-2-40-32(38)28-23(35-33(39)36-30(28)25-8-5-13-41-25)16-42-31(37)27-20-6-3-4-7-22(20)34-29-19(10-11-21(27)29)14-18-9-12-24-26(15-18)44-17-43-24/h3-9,12-15,30H,2,10-11,16-17H2,1H3,(H2,35,36,39)/b19-14+. The molecule has 0 spiro atoms. The summed E-state index contributed by atoms with van der Waals surface area (Å²) in [5.74, 6) is 0.466. The molecule has 11 nitrogen and oxygen atoms in total. The van der Waals surface area contributed by atoms with E-state index in [0.29, 0.717) is 46.6 Å². The second-order valence-corrected chi connectivity index (χ2v) is 10.3. The summed E-state index contributed by atoms with van der Waals surface area (Å²) in [5.41, 5.74) is 4.68. The monoisotopic (exact) mass is 593 g/mol. The first kappa shape index (κ1) is 27.3. The van der Waals surface area contributed by atoms with Gasteiger partial charge < -0.3 is 34.0 Å². The smallest absolute Gasteiger partial charge is 0.339 e. The number of carbonyl (C=O) groups is 3. The van der Waals surface area contributed by atoms with Crippen LogP contribution in [0.25, 0.3) is 22.6 Å². The Balaban J connectivity index is 1.24. The van der Waals surface area contributed by atoms with E-state index in [4.69, 9.17) is 28.3 Å². The minimum absolute atomic E-state index is 0.0907. The Morgan fingerprint density at radius 2 is 1.89 bits per heavy atom. The lowest BCUT2D eigenvalue weighted by atomic mass is 10.00. The van der Waals surface area contributed by atoms with Crippen LogP contribution in [0.2, 0.25) is 0 Å². The maximum Gasteiger partial charge on any atom is 0.339 e. The zero-order valence-electron chi connectivity index (χ0n) is 23.7. The number of hydrogen-bond donors (Lipinski definition) is 2. The van der Waals surface area contributed by atoms with Crippen molar-refractivity contribution in [2.75, 3.05) is 20.0 Å². The highest BCUT2D eigenvalue weighted by molar-refractivity contribution is 6.07. The zero-order chi connectivity index (χ0) is 30.2. The largest absolute Gasteiger partial charge is 0.467 e. The number of amides is 2. The van der Waals surface area contributed by atoms with Crippen molar-refractivity contribution < 1.29 is 37.7 Å². The molecule has 0 saturated carbocycles. The molecule has 222 valence electrons. The molecule has 2 N–H and O–H groups in total. The van der Waals surface area contributed by atoms with Gasteiger partial charge in [-0.3, -0.25) is 0 Å². The number of ether oxygens (including phenoxy) is 4. The number of nitrogens with one attached hydrogen (secondary N) is 2. The average molecular weight is 594 g/mol. The highest BCUT2D eigenvalue weighted by atomic mass is 16.7. The van der Waals surface area contributed by atoms with E-state index in [-0.39, 0.29) is 31.3 Å². The summed E-state index contributed by atoms with van der Waals surface area (Å²) in [6.45, 7) is 1.62. The third kappa shape index (κ3) is 4.91. The molecule has 2 aliphatic heterocycles. The number of furan rings is 1. The molecule has 7 rings (SSSR count). The first-order valence-corrected chi connectivity index (χ1v) is 14.2. The summed E-state index contributed by atoms with van der Waals surface area (Å²) in [7, 11) is 0. The van der Waals surface area contributed by atoms with Gasteiger partial charge in [0.15, 0.2) is 11.5 Å². The van der Waals surface area contributed by atoms with E-state index in [1.807, 2.05) is 48.5 Å². The number of fused-ring (bicyclic) bond motifs is 3. The Bertz CT molecular complexity index is 1880. The molecule has 1 unspecified atom stereocenters. The number of hydrogen-bond acceptors (Lipinski definition) is 9. The van der Waals surface area contributed by atoms with Crippen LogP contribution in [0.5, 0.6) is 11.5 Å². The second-order valence-electron chi connectivity index (χ2n) is 10.3. The fourth-order valence-corrected chi connectivity index (χ4v) is 5.78. The molecule has 4 heterocycles. The summed E-state index contributed by atoms with van der Waals surface area (Å²) in [5, 5.41) is 5.95. The molecule has 2 amide bonds. The Labute approximate surface area is 251 Å². The van der Waals surface area contributed by atoms with Gasteiger partial charge >= 0.3 is 18.0 Å². The van der Waals surface area contributed by atoms with Gasteiger partial charge in [0.05, 0.1) is 40.9 Å². The van der Waals surface area contributed by atoms with Crippen molar-refractivity contribution in [3.05, 3.63) is 100 Å². The van der Waals surface area contributed by atoms with Gasteiger partial charge in [0.2, 0.25) is 6.79 Å². The van der Waals surface area contributed by atoms with Crippen LogP contribution in [0.15, 0.2) is 76.5 Å². The maximum absolute atomic E-state index is 13.9. The molecule has 3 aliphatic rings. The molecule has 4 aromatic rings. The number of esters is 2. The molecule has 2 aromatic heterocycles. The van der Waals surface area contributed by atoms with Crippen LogP contribution in [0, 0.1) is 0 Å². The van der Waals surface area contributed by atoms with Crippen molar-refractivity contribution in [3.63, 3.8) is 0 Å². The van der Waals surface area contributed by atoms with E-state index in [9.17, 15) is 14.4 Å². The van der Waals surface area contributed by atoms with Crippen LogP contribution in [0.4, 0.5) is 4.79 Å². The Morgan fingerprint density at radius 1 is 1.02 bits per heavy atom. The minimum Gasteiger partial charge on any atom is -0.467 e. The summed E-state index contributed by atoms with van der Waals surface area (Å²) >= 11 is 0. The lowest BCUT2D eigenvalue weighted by molar-refractivity contribution is -0.139. The van der Waals surface area contributed by atoms with Crippen LogP contribution >= 0.6 is 0 Å². The quantitative estimate of drug-likeness (QED) is 0.281. The van der Waals surface area contributed by atoms with Crippen LogP contribution in [-0.2, 0) is 20.7 Å². The molecule has 1 aliphatic carbocycles. The van der Waals surface area contributed by atoms with Gasteiger partial charge in [-0.2, -0.15) is 0 Å². The van der Waals surface area contributed by atoms with Gasteiger partial charge in [0, 0.05) is 5.39 Å². The van der Waals surface area contributed by atoms with E-state index in [1.165, 1.54) is 6.26 Å². The third-order valence-electron chi connectivity index (χ3n) is 7.71. The number of benzene rings is 2. The Morgan fingerprint density at radius 3 is 2.73 bits per heavy atom.